The van der Waals surface area contributed by atoms with Crippen molar-refractivity contribution in [1.29, 1.82) is 0 Å². The van der Waals surface area contributed by atoms with Crippen LogP contribution in [-0.4, -0.2) is 123 Å². The number of rotatable bonds is 6. The highest BCUT2D eigenvalue weighted by Gasteiger charge is 2.53. The van der Waals surface area contributed by atoms with E-state index in [9.17, 15) is 35.7 Å². The molecule has 3 aliphatic heterocycles. The summed E-state index contributed by atoms with van der Waals surface area (Å²) in [6.07, 6.45) is -11.3. The third kappa shape index (κ3) is 6.39. The summed E-state index contributed by atoms with van der Waals surface area (Å²) in [6, 6.07) is 0. The molecule has 0 radical (unpaired) electrons. The molecule has 0 amide bonds. The summed E-state index contributed by atoms with van der Waals surface area (Å²) >= 11 is 0. The number of hydrogen-bond donors (Lipinski definition) is 7. The first-order valence-electron chi connectivity index (χ1n) is 11.3. The third-order valence-electron chi connectivity index (χ3n) is 5.89. The van der Waals surface area contributed by atoms with E-state index in [1.165, 1.54) is 0 Å². The van der Waals surface area contributed by atoms with Gasteiger partial charge < -0.3 is 59.4 Å². The number of hydrogen-bond acceptors (Lipinski definition) is 12. The lowest BCUT2D eigenvalue weighted by Gasteiger charge is -2.46. The topological polar surface area (TPSA) is 188 Å². The van der Waals surface area contributed by atoms with E-state index in [1.54, 1.807) is 19.1 Å². The Hall–Kier alpha value is -1.62. The zero-order chi connectivity index (χ0) is 25.6. The third-order valence-corrected chi connectivity index (χ3v) is 5.89. The zero-order valence-electron chi connectivity index (χ0n) is 19.1. The quantitative estimate of drug-likeness (QED) is 0.181. The number of ether oxygens (including phenoxy) is 5. The van der Waals surface area contributed by atoms with E-state index in [1.807, 2.05) is 0 Å². The molecule has 0 aliphatic carbocycles. The Bertz CT molecular complexity index is 833. The molecule has 12 nitrogen and oxygen atoms in total. The van der Waals surface area contributed by atoms with E-state index >= 15 is 0 Å². The minimum absolute atomic E-state index is 0.316. The summed E-state index contributed by atoms with van der Waals surface area (Å²) in [6.45, 7) is 0.778. The Morgan fingerprint density at radius 1 is 0.886 bits per heavy atom. The van der Waals surface area contributed by atoms with Crippen molar-refractivity contribution in [3.05, 3.63) is 12.2 Å². The Labute approximate surface area is 202 Å². The molecule has 3 saturated heterocycles. The van der Waals surface area contributed by atoms with Gasteiger partial charge in [0.2, 0.25) is 5.79 Å². The predicted molar refractivity (Wildman–Crippen MR) is 116 cm³/mol. The monoisotopic (exact) mass is 500 g/mol. The molecular weight excluding hydrogens is 468 g/mol. The zero-order valence-corrected chi connectivity index (χ0v) is 19.1. The number of aliphatic hydroxyl groups is 7. The largest absolute Gasteiger partial charge is 0.394 e. The first-order chi connectivity index (χ1) is 16.8. The summed E-state index contributed by atoms with van der Waals surface area (Å²) in [4.78, 5) is 0. The summed E-state index contributed by atoms with van der Waals surface area (Å²) < 4.78 is 28.3. The van der Waals surface area contributed by atoms with Crippen LogP contribution in [0.15, 0.2) is 12.2 Å². The van der Waals surface area contributed by atoms with Crippen LogP contribution in [0.3, 0.4) is 0 Å². The van der Waals surface area contributed by atoms with Gasteiger partial charge in [-0.25, -0.2) is 0 Å². The summed E-state index contributed by atoms with van der Waals surface area (Å²) in [7, 11) is 0. The first kappa shape index (κ1) is 28.0. The molecule has 12 heteroatoms. The number of aliphatic hydroxyl groups excluding tert-OH is 7. The van der Waals surface area contributed by atoms with Gasteiger partial charge in [0.15, 0.2) is 12.6 Å². The van der Waals surface area contributed by atoms with Crippen molar-refractivity contribution in [1.82, 2.24) is 0 Å². The van der Waals surface area contributed by atoms with Crippen molar-refractivity contribution in [3.8, 4) is 23.7 Å². The standard InChI is InChI=1S/C23H32O12/c1-2-3-4-5-6-8-23(9-7-10-31-23)35-22-20(18(29)16(27)14(12-25)33-22)34-21-19(30)17(28)15(26)13(11-24)32-21/h2-3,13-22,24-30H,7,9-12H2,1H3/b3-2+/t13-,14-,15-,16-,17+,18+,19-,20-,21+,22+,23+/m1/s1. The maximum Gasteiger partial charge on any atom is 0.236 e. The molecule has 3 rings (SSSR count). The minimum Gasteiger partial charge on any atom is -0.394 e. The molecule has 11 atom stereocenters. The van der Waals surface area contributed by atoms with Gasteiger partial charge in [-0.15, -0.1) is 0 Å². The average molecular weight is 500 g/mol. The van der Waals surface area contributed by atoms with Gasteiger partial charge in [-0.1, -0.05) is 12.0 Å². The van der Waals surface area contributed by atoms with Gasteiger partial charge in [-0.2, -0.15) is 0 Å². The predicted octanol–water partition coefficient (Wildman–Crippen LogP) is -3.28. The Morgan fingerprint density at radius 2 is 1.54 bits per heavy atom. The van der Waals surface area contributed by atoms with Crippen molar-refractivity contribution < 1.29 is 59.4 Å². The highest BCUT2D eigenvalue weighted by atomic mass is 16.8. The van der Waals surface area contributed by atoms with Crippen molar-refractivity contribution >= 4 is 0 Å². The fourth-order valence-electron chi connectivity index (χ4n) is 3.94. The molecule has 3 aliphatic rings. The van der Waals surface area contributed by atoms with Crippen molar-refractivity contribution in [3.63, 3.8) is 0 Å². The van der Waals surface area contributed by atoms with Gasteiger partial charge >= 0.3 is 0 Å². The van der Waals surface area contributed by atoms with Crippen LogP contribution in [0.1, 0.15) is 19.8 Å². The van der Waals surface area contributed by atoms with Crippen LogP contribution < -0.4 is 0 Å². The van der Waals surface area contributed by atoms with Crippen LogP contribution in [0.25, 0.3) is 0 Å². The van der Waals surface area contributed by atoms with E-state index in [2.05, 4.69) is 23.7 Å². The average Bonchev–Trinajstić information content (AvgIpc) is 3.31. The van der Waals surface area contributed by atoms with E-state index in [-0.39, 0.29) is 0 Å². The van der Waals surface area contributed by atoms with Crippen LogP contribution in [0.2, 0.25) is 0 Å². The van der Waals surface area contributed by atoms with Crippen LogP contribution >= 0.6 is 0 Å². The van der Waals surface area contributed by atoms with Crippen LogP contribution in [0.4, 0.5) is 0 Å². The molecule has 0 bridgehead atoms. The van der Waals surface area contributed by atoms with Crippen LogP contribution in [0.5, 0.6) is 0 Å². The maximum absolute atomic E-state index is 10.7. The molecule has 0 aromatic carbocycles. The maximum atomic E-state index is 10.7. The lowest BCUT2D eigenvalue weighted by Crippen LogP contribution is -2.65. The molecule has 0 saturated carbocycles. The minimum atomic E-state index is -1.77. The second kappa shape index (κ2) is 12.6. The fraction of sp³-hybridized carbons (Fsp3) is 0.739. The summed E-state index contributed by atoms with van der Waals surface area (Å²) in [5.74, 6) is 9.28. The highest BCUT2D eigenvalue weighted by molar-refractivity contribution is 5.32. The molecule has 7 N–H and O–H groups in total. The van der Waals surface area contributed by atoms with Crippen molar-refractivity contribution in [2.45, 2.75) is 87.0 Å². The van der Waals surface area contributed by atoms with Gasteiger partial charge in [-0.3, -0.25) is 0 Å². The van der Waals surface area contributed by atoms with Gasteiger partial charge in [0, 0.05) is 6.42 Å². The van der Waals surface area contributed by atoms with E-state index in [0.717, 1.165) is 0 Å². The second-order valence-electron chi connectivity index (χ2n) is 8.35. The molecule has 0 unspecified atom stereocenters. The van der Waals surface area contributed by atoms with Crippen molar-refractivity contribution in [2.75, 3.05) is 19.8 Å². The van der Waals surface area contributed by atoms with Gasteiger partial charge in [-0.05, 0) is 37.2 Å². The highest BCUT2D eigenvalue weighted by Crippen LogP contribution is 2.35. The van der Waals surface area contributed by atoms with Crippen molar-refractivity contribution in [2.24, 2.45) is 0 Å². The molecule has 0 spiro atoms. The molecule has 35 heavy (non-hydrogen) atoms. The van der Waals surface area contributed by atoms with E-state index in [0.29, 0.717) is 19.4 Å². The smallest absolute Gasteiger partial charge is 0.236 e. The molecule has 3 heterocycles. The molecular formula is C23H32O12. The van der Waals surface area contributed by atoms with E-state index < -0.39 is 80.4 Å². The van der Waals surface area contributed by atoms with Gasteiger partial charge in [0.25, 0.3) is 0 Å². The number of allylic oxidation sites excluding steroid dienone is 2. The fourth-order valence-corrected chi connectivity index (χ4v) is 3.94. The van der Waals surface area contributed by atoms with Crippen LogP contribution in [0, 0.1) is 23.7 Å². The Kier molecular flexibility index (Phi) is 10.0. The second-order valence-corrected chi connectivity index (χ2v) is 8.35. The lowest BCUT2D eigenvalue weighted by atomic mass is 9.97. The summed E-state index contributed by atoms with van der Waals surface area (Å²) in [5.41, 5.74) is 0. The first-order valence-corrected chi connectivity index (χ1v) is 11.3. The van der Waals surface area contributed by atoms with Crippen LogP contribution in [-0.2, 0) is 23.7 Å². The lowest BCUT2D eigenvalue weighted by molar-refractivity contribution is -0.388. The molecule has 0 aromatic rings. The normalized spacial score (nSPS) is 43.9. The van der Waals surface area contributed by atoms with Gasteiger partial charge in [0.05, 0.1) is 19.8 Å². The SMILES string of the molecule is C/C=C/C#CC#C[C@]1(O[C@@H]2O[C@H](CO)[C@@H](O)[C@H](O)[C@H]2O[C@@H]2O[C@H](CO)[C@@H](O)[C@H](O)[C@H]2O)CCCO1. The summed E-state index contributed by atoms with van der Waals surface area (Å²) in [5, 5.41) is 70.5. The van der Waals surface area contributed by atoms with Gasteiger partial charge in [0.1, 0.15) is 48.8 Å². The Balaban J connectivity index is 1.86. The Morgan fingerprint density at radius 3 is 2.14 bits per heavy atom. The molecule has 3 fully saturated rings. The molecule has 196 valence electrons. The van der Waals surface area contributed by atoms with E-state index in [4.69, 9.17) is 23.7 Å². The molecule has 0 aromatic heterocycles.